The summed E-state index contributed by atoms with van der Waals surface area (Å²) in [4.78, 5) is 6.43. The van der Waals surface area contributed by atoms with Gasteiger partial charge in [0.15, 0.2) is 0 Å². The molecule has 1 aromatic heterocycles. The Morgan fingerprint density at radius 2 is 2.19 bits per heavy atom. The minimum atomic E-state index is 0.319. The lowest BCUT2D eigenvalue weighted by Gasteiger charge is -2.03. The van der Waals surface area contributed by atoms with E-state index in [1.807, 2.05) is 17.4 Å². The molecular formula is C17H20N2OS. The van der Waals surface area contributed by atoms with Crippen molar-refractivity contribution < 1.29 is 4.74 Å². The number of fused-ring (bicyclic) bond motifs is 1. The average Bonchev–Trinajstić information content (AvgIpc) is 3.13. The number of nitrogens with one attached hydrogen (secondary N) is 1. The number of benzene rings is 1. The first kappa shape index (κ1) is 13.3. The summed E-state index contributed by atoms with van der Waals surface area (Å²) < 4.78 is 5.82. The van der Waals surface area contributed by atoms with Crippen LogP contribution in [0.4, 0.5) is 0 Å². The van der Waals surface area contributed by atoms with Crippen molar-refractivity contribution in [3.63, 3.8) is 0 Å². The molecule has 0 spiro atoms. The molecule has 110 valence electrons. The maximum atomic E-state index is 5.82. The maximum Gasteiger partial charge on any atom is 0.123 e. The van der Waals surface area contributed by atoms with Gasteiger partial charge < -0.3 is 10.1 Å². The van der Waals surface area contributed by atoms with Crippen LogP contribution in [0.3, 0.4) is 0 Å². The first-order chi connectivity index (χ1) is 10.4. The molecule has 2 aromatic rings. The number of nitrogens with zero attached hydrogens (tertiary/aromatic N) is 1. The summed E-state index contributed by atoms with van der Waals surface area (Å²) in [6.45, 7) is 4.85. The molecule has 1 unspecified atom stereocenters. The average molecular weight is 300 g/mol. The highest BCUT2D eigenvalue weighted by atomic mass is 32.1. The molecule has 2 aliphatic rings. The van der Waals surface area contributed by atoms with Gasteiger partial charge in [0, 0.05) is 22.9 Å². The molecule has 0 bridgehead atoms. The molecule has 4 rings (SSSR count). The highest BCUT2D eigenvalue weighted by Crippen LogP contribution is 2.46. The van der Waals surface area contributed by atoms with E-state index in [2.05, 4.69) is 30.4 Å². The fourth-order valence-electron chi connectivity index (χ4n) is 2.94. The molecule has 1 aromatic carbocycles. The highest BCUT2D eigenvalue weighted by molar-refractivity contribution is 7.11. The van der Waals surface area contributed by atoms with Crippen molar-refractivity contribution in [3.05, 3.63) is 45.4 Å². The van der Waals surface area contributed by atoms with Crippen LogP contribution >= 0.6 is 11.3 Å². The van der Waals surface area contributed by atoms with Crippen LogP contribution in [0.2, 0.25) is 0 Å². The van der Waals surface area contributed by atoms with E-state index in [1.54, 1.807) is 0 Å². The number of aromatic nitrogens is 1. The third kappa shape index (κ3) is 2.47. The second kappa shape index (κ2) is 5.43. The predicted octanol–water partition coefficient (Wildman–Crippen LogP) is 3.65. The largest absolute Gasteiger partial charge is 0.492 e. The van der Waals surface area contributed by atoms with Gasteiger partial charge in [0.25, 0.3) is 0 Å². The number of hydrogen-bond donors (Lipinski definition) is 1. The zero-order valence-corrected chi connectivity index (χ0v) is 13.1. The molecule has 1 aliphatic carbocycles. The molecule has 0 saturated heterocycles. The Morgan fingerprint density at radius 1 is 1.33 bits per heavy atom. The summed E-state index contributed by atoms with van der Waals surface area (Å²) in [6, 6.07) is 8.37. The van der Waals surface area contributed by atoms with Gasteiger partial charge in [-0.2, -0.15) is 0 Å². The van der Waals surface area contributed by atoms with Crippen molar-refractivity contribution in [2.24, 2.45) is 0 Å². The van der Waals surface area contributed by atoms with Gasteiger partial charge in [0.05, 0.1) is 11.6 Å². The van der Waals surface area contributed by atoms with E-state index >= 15 is 0 Å². The topological polar surface area (TPSA) is 34.1 Å². The van der Waals surface area contributed by atoms with E-state index in [1.165, 1.54) is 34.0 Å². The molecule has 1 aliphatic heterocycles. The number of para-hydroxylation sites is 1. The fourth-order valence-corrected chi connectivity index (χ4v) is 4.16. The van der Waals surface area contributed by atoms with E-state index in [0.717, 1.165) is 25.4 Å². The highest BCUT2D eigenvalue weighted by Gasteiger charge is 2.33. The number of rotatable bonds is 5. The lowest BCUT2D eigenvalue weighted by Crippen LogP contribution is -2.11. The molecule has 1 saturated carbocycles. The van der Waals surface area contributed by atoms with E-state index in [9.17, 15) is 0 Å². The normalized spacial score (nSPS) is 20.3. The Balaban J connectivity index is 1.66. The summed E-state index contributed by atoms with van der Waals surface area (Å²) in [5.41, 5.74) is 2.64. The summed E-state index contributed by atoms with van der Waals surface area (Å²) in [7, 11) is 0. The standard InChI is InChI=1S/C17H20N2OS/c1-2-18-9-15-16(11-7-8-11)19-17(21-15)13-10-20-14-6-4-3-5-12(13)14/h3-6,11,13,18H,2,7-10H2,1H3. The maximum absolute atomic E-state index is 5.82. The van der Waals surface area contributed by atoms with Crippen LogP contribution in [0.5, 0.6) is 5.75 Å². The molecule has 4 heteroatoms. The van der Waals surface area contributed by atoms with E-state index < -0.39 is 0 Å². The summed E-state index contributed by atoms with van der Waals surface area (Å²) in [5.74, 6) is 2.05. The van der Waals surface area contributed by atoms with Gasteiger partial charge in [-0.05, 0) is 25.5 Å². The smallest absolute Gasteiger partial charge is 0.123 e. The first-order valence-electron chi connectivity index (χ1n) is 7.78. The minimum Gasteiger partial charge on any atom is -0.492 e. The lowest BCUT2D eigenvalue weighted by molar-refractivity contribution is 0.343. The van der Waals surface area contributed by atoms with E-state index in [0.29, 0.717) is 11.8 Å². The predicted molar refractivity (Wildman–Crippen MR) is 85.2 cm³/mol. The summed E-state index contributed by atoms with van der Waals surface area (Å²) >= 11 is 1.88. The van der Waals surface area contributed by atoms with Gasteiger partial charge in [-0.15, -0.1) is 11.3 Å². The van der Waals surface area contributed by atoms with Gasteiger partial charge >= 0.3 is 0 Å². The van der Waals surface area contributed by atoms with Crippen LogP contribution in [0.25, 0.3) is 0 Å². The Kier molecular flexibility index (Phi) is 3.43. The fraction of sp³-hybridized carbons (Fsp3) is 0.471. The lowest BCUT2D eigenvalue weighted by atomic mass is 10.0. The monoisotopic (exact) mass is 300 g/mol. The third-order valence-corrected chi connectivity index (χ3v) is 5.43. The third-order valence-electron chi connectivity index (χ3n) is 4.24. The number of hydrogen-bond acceptors (Lipinski definition) is 4. The molecule has 1 atom stereocenters. The van der Waals surface area contributed by atoms with Crippen molar-refractivity contribution in [2.75, 3.05) is 13.2 Å². The number of ether oxygens (including phenoxy) is 1. The van der Waals surface area contributed by atoms with Crippen molar-refractivity contribution in [3.8, 4) is 5.75 Å². The van der Waals surface area contributed by atoms with Crippen molar-refractivity contribution in [1.29, 1.82) is 0 Å². The zero-order chi connectivity index (χ0) is 14.2. The van der Waals surface area contributed by atoms with Gasteiger partial charge in [-0.3, -0.25) is 0 Å². The van der Waals surface area contributed by atoms with Crippen LogP contribution in [0.1, 0.15) is 52.7 Å². The summed E-state index contributed by atoms with van der Waals surface area (Å²) in [5, 5.41) is 4.68. The van der Waals surface area contributed by atoms with Crippen LogP contribution < -0.4 is 10.1 Å². The Morgan fingerprint density at radius 3 is 3.00 bits per heavy atom. The molecule has 2 heterocycles. The Hall–Kier alpha value is -1.39. The van der Waals surface area contributed by atoms with Gasteiger partial charge in [0.2, 0.25) is 0 Å². The van der Waals surface area contributed by atoms with Gasteiger partial charge in [-0.25, -0.2) is 4.98 Å². The van der Waals surface area contributed by atoms with Gasteiger partial charge in [0.1, 0.15) is 17.4 Å². The molecule has 21 heavy (non-hydrogen) atoms. The Labute approximate surface area is 129 Å². The number of thiazole rings is 1. The molecule has 3 nitrogen and oxygen atoms in total. The minimum absolute atomic E-state index is 0.319. The van der Waals surface area contributed by atoms with Crippen molar-refractivity contribution in [1.82, 2.24) is 10.3 Å². The second-order valence-corrected chi connectivity index (χ2v) is 6.93. The van der Waals surface area contributed by atoms with Gasteiger partial charge in [-0.1, -0.05) is 25.1 Å². The van der Waals surface area contributed by atoms with Crippen LogP contribution in [-0.4, -0.2) is 18.1 Å². The molecule has 1 fully saturated rings. The second-order valence-electron chi connectivity index (χ2n) is 5.82. The van der Waals surface area contributed by atoms with Crippen molar-refractivity contribution in [2.45, 2.75) is 38.1 Å². The van der Waals surface area contributed by atoms with Crippen LogP contribution in [-0.2, 0) is 6.54 Å². The van der Waals surface area contributed by atoms with E-state index in [-0.39, 0.29) is 0 Å². The summed E-state index contributed by atoms with van der Waals surface area (Å²) in [6.07, 6.45) is 2.61. The SMILES string of the molecule is CCNCc1sc(C2COc3ccccc32)nc1C1CC1. The molecule has 0 radical (unpaired) electrons. The molecule has 0 amide bonds. The van der Waals surface area contributed by atoms with Crippen LogP contribution in [0, 0.1) is 0 Å². The Bertz CT molecular complexity index is 648. The first-order valence-corrected chi connectivity index (χ1v) is 8.60. The quantitative estimate of drug-likeness (QED) is 0.915. The van der Waals surface area contributed by atoms with Crippen molar-refractivity contribution >= 4 is 11.3 Å². The van der Waals surface area contributed by atoms with Crippen LogP contribution in [0.15, 0.2) is 24.3 Å². The zero-order valence-electron chi connectivity index (χ0n) is 12.3. The molecule has 1 N–H and O–H groups in total. The molecular weight excluding hydrogens is 280 g/mol. The van der Waals surface area contributed by atoms with E-state index in [4.69, 9.17) is 9.72 Å².